The lowest BCUT2D eigenvalue weighted by Gasteiger charge is -2.17. The van der Waals surface area contributed by atoms with Crippen LogP contribution in [0.25, 0.3) is 0 Å². The standard InChI is InChI=1S/C16H18N2O2S2/c1-17-13-5-4-11(8-12(13)9-15(17)20)14(19)10-22-16(21)18-6-2-3-7-18/h4-5,8H,2-3,6-7,9-10H2,1H3. The summed E-state index contributed by atoms with van der Waals surface area (Å²) in [5.41, 5.74) is 2.51. The zero-order chi connectivity index (χ0) is 15.7. The molecule has 1 amide bonds. The molecule has 1 aromatic rings. The average molecular weight is 334 g/mol. The van der Waals surface area contributed by atoms with Crippen LogP contribution >= 0.6 is 24.0 Å². The van der Waals surface area contributed by atoms with Crippen molar-refractivity contribution in [3.05, 3.63) is 29.3 Å². The van der Waals surface area contributed by atoms with Crippen LogP contribution in [-0.2, 0) is 11.2 Å². The maximum absolute atomic E-state index is 12.3. The minimum absolute atomic E-state index is 0.0661. The maximum atomic E-state index is 12.3. The number of fused-ring (bicyclic) bond motifs is 1. The van der Waals surface area contributed by atoms with Gasteiger partial charge in [0.2, 0.25) is 5.91 Å². The summed E-state index contributed by atoms with van der Waals surface area (Å²) in [6.45, 7) is 2.01. The first-order valence-electron chi connectivity index (χ1n) is 7.40. The minimum Gasteiger partial charge on any atom is -0.358 e. The number of thioether (sulfide) groups is 1. The van der Waals surface area contributed by atoms with Gasteiger partial charge in [-0.3, -0.25) is 9.59 Å². The summed E-state index contributed by atoms with van der Waals surface area (Å²) in [6, 6.07) is 5.51. The minimum atomic E-state index is 0.0661. The third-order valence-electron chi connectivity index (χ3n) is 4.17. The predicted molar refractivity (Wildman–Crippen MR) is 93.7 cm³/mol. The van der Waals surface area contributed by atoms with Gasteiger partial charge in [-0.1, -0.05) is 24.0 Å². The van der Waals surface area contributed by atoms with Gasteiger partial charge in [0, 0.05) is 31.4 Å². The van der Waals surface area contributed by atoms with Crippen molar-refractivity contribution in [1.82, 2.24) is 4.90 Å². The maximum Gasteiger partial charge on any atom is 0.231 e. The van der Waals surface area contributed by atoms with Crippen LogP contribution in [0.5, 0.6) is 0 Å². The molecule has 0 bridgehead atoms. The number of hydrogen-bond acceptors (Lipinski definition) is 4. The molecule has 0 spiro atoms. The molecule has 1 aromatic carbocycles. The molecule has 2 heterocycles. The van der Waals surface area contributed by atoms with Gasteiger partial charge >= 0.3 is 0 Å². The molecule has 0 aliphatic carbocycles. The number of anilines is 1. The van der Waals surface area contributed by atoms with Crippen molar-refractivity contribution < 1.29 is 9.59 Å². The first-order valence-corrected chi connectivity index (χ1v) is 8.80. The second-order valence-corrected chi connectivity index (χ2v) is 7.25. The molecule has 0 saturated carbocycles. The average Bonchev–Trinajstić information content (AvgIpc) is 3.14. The second-order valence-electron chi connectivity index (χ2n) is 5.64. The van der Waals surface area contributed by atoms with E-state index in [2.05, 4.69) is 4.90 Å². The Hall–Kier alpha value is -1.40. The normalized spacial score (nSPS) is 17.0. The molecular formula is C16H18N2O2S2. The number of Topliss-reactive ketones (excluding diaryl/α,β-unsaturated/α-hetero) is 1. The molecule has 116 valence electrons. The van der Waals surface area contributed by atoms with Crippen LogP contribution in [0.3, 0.4) is 0 Å². The van der Waals surface area contributed by atoms with E-state index in [-0.39, 0.29) is 11.7 Å². The molecule has 2 aliphatic heterocycles. The van der Waals surface area contributed by atoms with Crippen LogP contribution in [-0.4, -0.2) is 46.8 Å². The summed E-state index contributed by atoms with van der Waals surface area (Å²) in [7, 11) is 1.76. The van der Waals surface area contributed by atoms with Gasteiger partial charge in [-0.05, 0) is 36.6 Å². The molecule has 2 aliphatic rings. The topological polar surface area (TPSA) is 40.6 Å². The Morgan fingerprint density at radius 1 is 1.32 bits per heavy atom. The van der Waals surface area contributed by atoms with Gasteiger partial charge in [-0.25, -0.2) is 0 Å². The summed E-state index contributed by atoms with van der Waals surface area (Å²) in [4.78, 5) is 27.8. The summed E-state index contributed by atoms with van der Waals surface area (Å²) in [5, 5.41) is 0. The summed E-state index contributed by atoms with van der Waals surface area (Å²) < 4.78 is 0.821. The lowest BCUT2D eigenvalue weighted by atomic mass is 10.1. The Bertz CT molecular complexity index is 639. The number of thiocarbonyl (C=S) groups is 1. The highest BCUT2D eigenvalue weighted by Gasteiger charge is 2.25. The molecule has 0 radical (unpaired) electrons. The molecule has 0 aromatic heterocycles. The van der Waals surface area contributed by atoms with E-state index < -0.39 is 0 Å². The van der Waals surface area contributed by atoms with Crippen LogP contribution in [0.15, 0.2) is 18.2 Å². The fourth-order valence-electron chi connectivity index (χ4n) is 2.85. The highest BCUT2D eigenvalue weighted by Crippen LogP contribution is 2.28. The monoisotopic (exact) mass is 334 g/mol. The molecule has 4 nitrogen and oxygen atoms in total. The summed E-state index contributed by atoms with van der Waals surface area (Å²) in [6.07, 6.45) is 2.74. The SMILES string of the molecule is CN1C(=O)Cc2cc(C(=O)CSC(=S)N3CCCC3)ccc21. The fraction of sp³-hybridized carbons (Fsp3) is 0.438. The van der Waals surface area contributed by atoms with E-state index >= 15 is 0 Å². The van der Waals surface area contributed by atoms with E-state index in [1.165, 1.54) is 24.6 Å². The second kappa shape index (κ2) is 6.38. The molecular weight excluding hydrogens is 316 g/mol. The van der Waals surface area contributed by atoms with Crippen LogP contribution < -0.4 is 4.90 Å². The van der Waals surface area contributed by atoms with Gasteiger partial charge in [-0.15, -0.1) is 0 Å². The van der Waals surface area contributed by atoms with Crippen molar-refractivity contribution >= 4 is 45.7 Å². The summed E-state index contributed by atoms with van der Waals surface area (Å²) >= 11 is 6.82. The number of amides is 1. The lowest BCUT2D eigenvalue weighted by Crippen LogP contribution is -2.24. The number of benzene rings is 1. The van der Waals surface area contributed by atoms with Gasteiger partial charge in [0.05, 0.1) is 12.2 Å². The molecule has 1 saturated heterocycles. The van der Waals surface area contributed by atoms with Gasteiger partial charge in [0.1, 0.15) is 4.32 Å². The largest absolute Gasteiger partial charge is 0.358 e. The van der Waals surface area contributed by atoms with E-state index in [1.54, 1.807) is 18.0 Å². The molecule has 0 unspecified atom stereocenters. The molecule has 0 atom stereocenters. The number of ketones is 1. The quantitative estimate of drug-likeness (QED) is 0.627. The van der Waals surface area contributed by atoms with Crippen molar-refractivity contribution in [1.29, 1.82) is 0 Å². The van der Waals surface area contributed by atoms with E-state index in [0.717, 1.165) is 28.7 Å². The number of nitrogens with zero attached hydrogens (tertiary/aromatic N) is 2. The lowest BCUT2D eigenvalue weighted by molar-refractivity contribution is -0.117. The van der Waals surface area contributed by atoms with Crippen LogP contribution in [0, 0.1) is 0 Å². The Morgan fingerprint density at radius 3 is 2.77 bits per heavy atom. The Morgan fingerprint density at radius 2 is 2.05 bits per heavy atom. The van der Waals surface area contributed by atoms with Crippen molar-refractivity contribution in [2.45, 2.75) is 19.3 Å². The zero-order valence-corrected chi connectivity index (χ0v) is 14.1. The smallest absolute Gasteiger partial charge is 0.231 e. The highest BCUT2D eigenvalue weighted by molar-refractivity contribution is 8.23. The first-order chi connectivity index (χ1) is 10.6. The third kappa shape index (κ3) is 3.03. The summed E-state index contributed by atoms with van der Waals surface area (Å²) in [5.74, 6) is 0.498. The number of carbonyl (C=O) groups is 2. The van der Waals surface area contributed by atoms with E-state index in [9.17, 15) is 9.59 Å². The molecule has 1 fully saturated rings. The van der Waals surface area contributed by atoms with E-state index in [4.69, 9.17) is 12.2 Å². The molecule has 22 heavy (non-hydrogen) atoms. The van der Waals surface area contributed by atoms with Crippen molar-refractivity contribution in [3.8, 4) is 0 Å². The van der Waals surface area contributed by atoms with Crippen LogP contribution in [0.1, 0.15) is 28.8 Å². The number of rotatable bonds is 3. The number of likely N-dealkylation sites (tertiary alicyclic amines) is 1. The zero-order valence-electron chi connectivity index (χ0n) is 12.5. The first kappa shape index (κ1) is 15.5. The number of carbonyl (C=O) groups excluding carboxylic acids is 2. The Labute approximate surface area is 139 Å². The van der Waals surface area contributed by atoms with Crippen molar-refractivity contribution in [3.63, 3.8) is 0 Å². The molecule has 3 rings (SSSR count). The predicted octanol–water partition coefficient (Wildman–Crippen LogP) is 2.50. The highest BCUT2D eigenvalue weighted by atomic mass is 32.2. The van der Waals surface area contributed by atoms with Gasteiger partial charge in [-0.2, -0.15) is 0 Å². The van der Waals surface area contributed by atoms with Gasteiger partial charge < -0.3 is 9.80 Å². The Kier molecular flexibility index (Phi) is 4.49. The molecule has 6 heteroatoms. The van der Waals surface area contributed by atoms with E-state index in [0.29, 0.717) is 17.7 Å². The molecule has 0 N–H and O–H groups in total. The van der Waals surface area contributed by atoms with Gasteiger partial charge in [0.25, 0.3) is 0 Å². The van der Waals surface area contributed by atoms with Crippen LogP contribution in [0.2, 0.25) is 0 Å². The number of hydrogen-bond donors (Lipinski definition) is 0. The van der Waals surface area contributed by atoms with Crippen molar-refractivity contribution in [2.24, 2.45) is 0 Å². The van der Waals surface area contributed by atoms with E-state index in [1.807, 2.05) is 12.1 Å². The van der Waals surface area contributed by atoms with Gasteiger partial charge in [0.15, 0.2) is 5.78 Å². The third-order valence-corrected chi connectivity index (χ3v) is 5.69. The fourth-order valence-corrected chi connectivity index (χ4v) is 3.99. The number of likely N-dealkylation sites (N-methyl/N-ethyl adjacent to an activating group) is 1. The van der Waals surface area contributed by atoms with Crippen LogP contribution in [0.4, 0.5) is 5.69 Å². The Balaban J connectivity index is 1.62. The van der Waals surface area contributed by atoms with Crippen molar-refractivity contribution in [2.75, 3.05) is 30.8 Å².